The van der Waals surface area contributed by atoms with Crippen molar-refractivity contribution in [3.63, 3.8) is 0 Å². The van der Waals surface area contributed by atoms with Gasteiger partial charge in [0, 0.05) is 12.4 Å². The van der Waals surface area contributed by atoms with Crippen LogP contribution in [0.15, 0.2) is 36.7 Å². The van der Waals surface area contributed by atoms with Crippen LogP contribution in [0, 0.1) is 5.82 Å². The van der Waals surface area contributed by atoms with Crippen molar-refractivity contribution in [1.29, 1.82) is 0 Å². The number of fused-ring (bicyclic) bond motifs is 1. The Kier molecular flexibility index (Phi) is 6.80. The number of benzene rings is 1. The maximum absolute atomic E-state index is 13.3. The maximum atomic E-state index is 13.3. The predicted molar refractivity (Wildman–Crippen MR) is 105 cm³/mol. The molecule has 3 aromatic rings. The topological polar surface area (TPSA) is 87.6 Å². The first-order chi connectivity index (χ1) is 12.2. The molecule has 1 fully saturated rings. The molecule has 0 atom stereocenters. The second-order valence-corrected chi connectivity index (χ2v) is 6.26. The lowest BCUT2D eigenvalue weighted by Crippen LogP contribution is -2.54. The number of rotatable bonds is 4. The molecule has 7 nitrogen and oxygen atoms in total. The third-order valence-electron chi connectivity index (χ3n) is 4.71. The van der Waals surface area contributed by atoms with Crippen molar-refractivity contribution in [3.8, 4) is 0 Å². The van der Waals surface area contributed by atoms with E-state index in [0.29, 0.717) is 29.7 Å². The standard InChI is InChI=1S/C17H19FN6O.2ClH/c18-12-2-3-13-14(10-12)23-15(22-13)11-20-16(25)17(4-7-19-8-5-17)24-9-1-6-21-24;;/h1-3,6,9-10,19H,4-5,7-8,11H2,(H,20,25)(H,22,23);2*1H. The molecular weight excluding hydrogens is 394 g/mol. The highest BCUT2D eigenvalue weighted by Crippen LogP contribution is 2.27. The van der Waals surface area contributed by atoms with Crippen LogP contribution in [0.5, 0.6) is 0 Å². The normalized spacial score (nSPS) is 15.6. The molecule has 1 aliphatic rings. The van der Waals surface area contributed by atoms with Gasteiger partial charge in [-0.15, -0.1) is 24.8 Å². The minimum Gasteiger partial charge on any atom is -0.347 e. The number of carbonyl (C=O) groups is 1. The van der Waals surface area contributed by atoms with Gasteiger partial charge in [0.15, 0.2) is 0 Å². The molecule has 1 saturated heterocycles. The van der Waals surface area contributed by atoms with Gasteiger partial charge in [-0.2, -0.15) is 5.10 Å². The lowest BCUT2D eigenvalue weighted by molar-refractivity contribution is -0.132. The minimum atomic E-state index is -0.688. The molecule has 1 aliphatic heterocycles. The molecule has 0 bridgehead atoms. The van der Waals surface area contributed by atoms with E-state index in [4.69, 9.17) is 0 Å². The molecule has 146 valence electrons. The Morgan fingerprint density at radius 3 is 2.78 bits per heavy atom. The van der Waals surface area contributed by atoms with E-state index in [1.165, 1.54) is 12.1 Å². The monoisotopic (exact) mass is 414 g/mol. The second-order valence-electron chi connectivity index (χ2n) is 6.26. The van der Waals surface area contributed by atoms with Gasteiger partial charge in [-0.25, -0.2) is 9.37 Å². The molecule has 3 heterocycles. The number of aromatic nitrogens is 4. The SMILES string of the molecule is Cl.Cl.O=C(NCc1nc2ccc(F)cc2[nH]1)C1(n2cccn2)CCNCC1. The van der Waals surface area contributed by atoms with E-state index in [0.717, 1.165) is 13.1 Å². The molecule has 10 heteroatoms. The number of carbonyl (C=O) groups excluding carboxylic acids is 1. The van der Waals surface area contributed by atoms with Gasteiger partial charge in [-0.3, -0.25) is 9.48 Å². The van der Waals surface area contributed by atoms with Gasteiger partial charge in [0.25, 0.3) is 0 Å². The molecule has 0 unspecified atom stereocenters. The van der Waals surface area contributed by atoms with E-state index in [-0.39, 0.29) is 43.1 Å². The third kappa shape index (κ3) is 4.07. The smallest absolute Gasteiger partial charge is 0.248 e. The lowest BCUT2D eigenvalue weighted by Gasteiger charge is -2.36. The number of nitrogens with one attached hydrogen (secondary N) is 3. The summed E-state index contributed by atoms with van der Waals surface area (Å²) < 4.78 is 15.0. The molecule has 27 heavy (non-hydrogen) atoms. The average Bonchev–Trinajstić information content (AvgIpc) is 3.29. The summed E-state index contributed by atoms with van der Waals surface area (Å²) >= 11 is 0. The van der Waals surface area contributed by atoms with E-state index in [1.54, 1.807) is 16.9 Å². The lowest BCUT2D eigenvalue weighted by atomic mass is 9.87. The summed E-state index contributed by atoms with van der Waals surface area (Å²) in [6.07, 6.45) is 4.86. The van der Waals surface area contributed by atoms with E-state index in [9.17, 15) is 9.18 Å². The summed E-state index contributed by atoms with van der Waals surface area (Å²) in [7, 11) is 0. The van der Waals surface area contributed by atoms with Crippen molar-refractivity contribution in [3.05, 3.63) is 48.3 Å². The number of amides is 1. The Morgan fingerprint density at radius 1 is 1.30 bits per heavy atom. The van der Waals surface area contributed by atoms with Crippen LogP contribution in [-0.2, 0) is 16.9 Å². The number of H-pyrrole nitrogens is 1. The number of hydrogen-bond acceptors (Lipinski definition) is 4. The summed E-state index contributed by atoms with van der Waals surface area (Å²) in [5.41, 5.74) is 0.606. The molecule has 1 aromatic carbocycles. The van der Waals surface area contributed by atoms with E-state index < -0.39 is 5.54 Å². The average molecular weight is 415 g/mol. The van der Waals surface area contributed by atoms with Crippen LogP contribution in [0.1, 0.15) is 18.7 Å². The molecule has 2 aromatic heterocycles. The fourth-order valence-electron chi connectivity index (χ4n) is 3.37. The second kappa shape index (κ2) is 8.69. The van der Waals surface area contributed by atoms with Gasteiger partial charge in [0.1, 0.15) is 17.2 Å². The third-order valence-corrected chi connectivity index (χ3v) is 4.71. The minimum absolute atomic E-state index is 0. The summed E-state index contributed by atoms with van der Waals surface area (Å²) in [5, 5.41) is 10.5. The van der Waals surface area contributed by atoms with Gasteiger partial charge in [-0.1, -0.05) is 0 Å². The highest BCUT2D eigenvalue weighted by Gasteiger charge is 2.41. The van der Waals surface area contributed by atoms with Crippen molar-refractivity contribution < 1.29 is 9.18 Å². The number of halogens is 3. The van der Waals surface area contributed by atoms with Crippen LogP contribution in [0.2, 0.25) is 0 Å². The number of aromatic amines is 1. The van der Waals surface area contributed by atoms with Crippen molar-refractivity contribution in [2.45, 2.75) is 24.9 Å². The van der Waals surface area contributed by atoms with Crippen molar-refractivity contribution in [2.75, 3.05) is 13.1 Å². The van der Waals surface area contributed by atoms with Crippen LogP contribution in [0.3, 0.4) is 0 Å². The molecule has 1 amide bonds. The first-order valence-corrected chi connectivity index (χ1v) is 8.31. The van der Waals surface area contributed by atoms with E-state index >= 15 is 0 Å². The number of imidazole rings is 1. The Balaban J connectivity index is 0.00000131. The highest BCUT2D eigenvalue weighted by molar-refractivity contribution is 5.86. The van der Waals surface area contributed by atoms with E-state index in [1.807, 2.05) is 12.3 Å². The first kappa shape index (κ1) is 21.1. The molecule has 3 N–H and O–H groups in total. The Hall–Kier alpha value is -2.16. The van der Waals surface area contributed by atoms with Gasteiger partial charge in [-0.05, 0) is 50.2 Å². The summed E-state index contributed by atoms with van der Waals surface area (Å²) in [4.78, 5) is 20.4. The molecular formula is C17H21Cl2FN6O. The summed E-state index contributed by atoms with van der Waals surface area (Å²) in [5.74, 6) is 0.196. The highest BCUT2D eigenvalue weighted by atomic mass is 35.5. The zero-order chi connectivity index (χ0) is 17.3. The van der Waals surface area contributed by atoms with Crippen LogP contribution in [-0.4, -0.2) is 38.7 Å². The van der Waals surface area contributed by atoms with Crippen molar-refractivity contribution >= 4 is 41.8 Å². The van der Waals surface area contributed by atoms with E-state index in [2.05, 4.69) is 25.7 Å². The first-order valence-electron chi connectivity index (χ1n) is 8.31. The van der Waals surface area contributed by atoms with Crippen molar-refractivity contribution in [1.82, 2.24) is 30.4 Å². The van der Waals surface area contributed by atoms with Gasteiger partial charge in [0.2, 0.25) is 5.91 Å². The zero-order valence-corrected chi connectivity index (χ0v) is 16.1. The fourth-order valence-corrected chi connectivity index (χ4v) is 3.37. The Bertz CT molecular complexity index is 892. The molecule has 0 spiro atoms. The number of piperidine rings is 1. The predicted octanol–water partition coefficient (Wildman–Crippen LogP) is 2.14. The molecule has 0 radical (unpaired) electrons. The largest absolute Gasteiger partial charge is 0.347 e. The maximum Gasteiger partial charge on any atom is 0.248 e. The quantitative estimate of drug-likeness (QED) is 0.610. The van der Waals surface area contributed by atoms with Gasteiger partial charge < -0.3 is 15.6 Å². The summed E-state index contributed by atoms with van der Waals surface area (Å²) in [6.45, 7) is 1.78. The van der Waals surface area contributed by atoms with Crippen LogP contribution in [0.25, 0.3) is 11.0 Å². The Morgan fingerprint density at radius 2 is 2.07 bits per heavy atom. The molecule has 4 rings (SSSR count). The Labute approximate surface area is 167 Å². The summed E-state index contributed by atoms with van der Waals surface area (Å²) in [6, 6.07) is 6.20. The molecule has 0 aliphatic carbocycles. The van der Waals surface area contributed by atoms with Gasteiger partial charge >= 0.3 is 0 Å². The number of nitrogens with zero attached hydrogens (tertiary/aromatic N) is 3. The molecule has 0 saturated carbocycles. The number of hydrogen-bond donors (Lipinski definition) is 3. The zero-order valence-electron chi connectivity index (χ0n) is 14.4. The fraction of sp³-hybridized carbons (Fsp3) is 0.353. The van der Waals surface area contributed by atoms with Crippen LogP contribution >= 0.6 is 24.8 Å². The van der Waals surface area contributed by atoms with Crippen LogP contribution < -0.4 is 10.6 Å². The van der Waals surface area contributed by atoms with Gasteiger partial charge in [0.05, 0.1) is 17.6 Å². The van der Waals surface area contributed by atoms with Crippen molar-refractivity contribution in [2.24, 2.45) is 0 Å². The van der Waals surface area contributed by atoms with Crippen LogP contribution in [0.4, 0.5) is 4.39 Å².